The highest BCUT2D eigenvalue weighted by atomic mass is 19.1. The van der Waals surface area contributed by atoms with Crippen LogP contribution < -0.4 is 5.32 Å². The fraction of sp³-hybridized carbons (Fsp3) is 0.375. The summed E-state index contributed by atoms with van der Waals surface area (Å²) in [5.41, 5.74) is 0.468. The molecule has 1 aromatic heterocycles. The lowest BCUT2D eigenvalue weighted by atomic mass is 10.2. The molecule has 1 rings (SSSR count). The molecule has 0 saturated heterocycles. The minimum absolute atomic E-state index is 0.0313. The average molecular weight is 154 g/mol. The Balaban J connectivity index is 2.93. The Bertz CT molecular complexity index is 237. The maximum absolute atomic E-state index is 12.9. The fourth-order valence-corrected chi connectivity index (χ4v) is 0.853. The molecule has 0 unspecified atom stereocenters. The van der Waals surface area contributed by atoms with Crippen LogP contribution in [0.5, 0.6) is 0 Å². The Morgan fingerprint density at radius 2 is 2.36 bits per heavy atom. The Morgan fingerprint density at radius 3 is 2.91 bits per heavy atom. The van der Waals surface area contributed by atoms with Gasteiger partial charge in [0.25, 0.3) is 0 Å². The molecule has 1 heterocycles. The summed E-state index contributed by atoms with van der Waals surface area (Å²) in [6.07, 6.45) is 1.59. The Morgan fingerprint density at radius 1 is 1.64 bits per heavy atom. The van der Waals surface area contributed by atoms with E-state index in [2.05, 4.69) is 10.3 Å². The average Bonchev–Trinajstić information content (AvgIpc) is 2.04. The number of aromatic nitrogens is 1. The van der Waals surface area contributed by atoms with Crippen molar-refractivity contribution in [2.45, 2.75) is 13.0 Å². The van der Waals surface area contributed by atoms with Gasteiger partial charge in [0.05, 0.1) is 5.69 Å². The molecule has 11 heavy (non-hydrogen) atoms. The fourth-order valence-electron chi connectivity index (χ4n) is 0.853. The summed E-state index contributed by atoms with van der Waals surface area (Å²) >= 11 is 0. The molecule has 0 amide bonds. The van der Waals surface area contributed by atoms with Crippen molar-refractivity contribution in [3.8, 4) is 0 Å². The molecule has 1 atom stereocenters. The van der Waals surface area contributed by atoms with Crippen LogP contribution in [0.3, 0.4) is 0 Å². The molecule has 1 aromatic rings. The van der Waals surface area contributed by atoms with Crippen LogP contribution in [-0.4, -0.2) is 12.0 Å². The first-order valence-corrected chi connectivity index (χ1v) is 3.53. The van der Waals surface area contributed by atoms with Gasteiger partial charge in [-0.3, -0.25) is 4.98 Å². The zero-order valence-corrected chi connectivity index (χ0v) is 6.63. The molecule has 60 valence electrons. The first-order chi connectivity index (χ1) is 5.25. The molecule has 0 radical (unpaired) electrons. The lowest BCUT2D eigenvalue weighted by molar-refractivity contribution is 0.544. The van der Waals surface area contributed by atoms with Crippen molar-refractivity contribution in [3.05, 3.63) is 29.8 Å². The molecular formula is C8H11FN2. The van der Waals surface area contributed by atoms with E-state index in [1.54, 1.807) is 19.3 Å². The molecule has 1 N–H and O–H groups in total. The Labute approximate surface area is 65.5 Å². The van der Waals surface area contributed by atoms with E-state index < -0.39 is 0 Å². The molecule has 3 heteroatoms. The minimum Gasteiger partial charge on any atom is -0.312 e. The first-order valence-electron chi connectivity index (χ1n) is 3.53. The third-order valence-electron chi connectivity index (χ3n) is 1.63. The van der Waals surface area contributed by atoms with Crippen molar-refractivity contribution in [1.82, 2.24) is 10.3 Å². The predicted octanol–water partition coefficient (Wildman–Crippen LogP) is 1.50. The number of hydrogen-bond acceptors (Lipinski definition) is 2. The van der Waals surface area contributed by atoms with E-state index in [0.29, 0.717) is 5.69 Å². The number of nitrogens with one attached hydrogen (secondary N) is 1. The van der Waals surface area contributed by atoms with Crippen molar-refractivity contribution >= 4 is 0 Å². The van der Waals surface area contributed by atoms with Gasteiger partial charge in [-0.25, -0.2) is 4.39 Å². The van der Waals surface area contributed by atoms with E-state index in [4.69, 9.17) is 0 Å². The summed E-state index contributed by atoms with van der Waals surface area (Å²) in [4.78, 5) is 3.91. The Hall–Kier alpha value is -0.960. The molecule has 0 aliphatic carbocycles. The van der Waals surface area contributed by atoms with Crippen LogP contribution in [0.4, 0.5) is 4.39 Å². The van der Waals surface area contributed by atoms with E-state index in [9.17, 15) is 4.39 Å². The van der Waals surface area contributed by atoms with Gasteiger partial charge in [-0.05, 0) is 26.1 Å². The summed E-state index contributed by atoms with van der Waals surface area (Å²) in [5.74, 6) is -0.255. The van der Waals surface area contributed by atoms with Crippen molar-refractivity contribution in [1.29, 1.82) is 0 Å². The predicted molar refractivity (Wildman–Crippen MR) is 41.7 cm³/mol. The van der Waals surface area contributed by atoms with Gasteiger partial charge in [0.15, 0.2) is 0 Å². The summed E-state index contributed by atoms with van der Waals surface area (Å²) in [7, 11) is 1.78. The van der Waals surface area contributed by atoms with Crippen LogP contribution >= 0.6 is 0 Å². The van der Waals surface area contributed by atoms with Crippen molar-refractivity contribution in [3.63, 3.8) is 0 Å². The lowest BCUT2D eigenvalue weighted by Crippen LogP contribution is -2.15. The van der Waals surface area contributed by atoms with Gasteiger partial charge in [0.2, 0.25) is 0 Å². The highest BCUT2D eigenvalue weighted by Crippen LogP contribution is 2.11. The second-order valence-electron chi connectivity index (χ2n) is 2.38. The molecule has 0 spiro atoms. The zero-order chi connectivity index (χ0) is 8.27. The van der Waals surface area contributed by atoms with Gasteiger partial charge in [-0.1, -0.05) is 0 Å². The molecule has 0 fully saturated rings. The van der Waals surface area contributed by atoms with E-state index in [1.165, 1.54) is 6.07 Å². The number of rotatable bonds is 2. The largest absolute Gasteiger partial charge is 0.312 e. The number of pyridine rings is 1. The van der Waals surface area contributed by atoms with Crippen molar-refractivity contribution in [2.24, 2.45) is 0 Å². The third-order valence-corrected chi connectivity index (χ3v) is 1.63. The molecule has 0 aromatic carbocycles. The van der Waals surface area contributed by atoms with Crippen molar-refractivity contribution in [2.75, 3.05) is 7.05 Å². The highest BCUT2D eigenvalue weighted by Gasteiger charge is 2.08. The van der Waals surface area contributed by atoms with E-state index >= 15 is 0 Å². The van der Waals surface area contributed by atoms with Gasteiger partial charge >= 0.3 is 0 Å². The number of nitrogens with zero attached hydrogens (tertiary/aromatic N) is 1. The van der Waals surface area contributed by atoms with Crippen LogP contribution in [0.2, 0.25) is 0 Å². The summed E-state index contributed by atoms with van der Waals surface area (Å²) in [6.45, 7) is 1.87. The first kappa shape index (κ1) is 8.14. The maximum Gasteiger partial charge on any atom is 0.146 e. The smallest absolute Gasteiger partial charge is 0.146 e. The molecular weight excluding hydrogens is 143 g/mol. The van der Waals surface area contributed by atoms with E-state index in [1.807, 2.05) is 6.92 Å². The van der Waals surface area contributed by atoms with Gasteiger partial charge in [-0.2, -0.15) is 0 Å². The molecule has 0 aliphatic heterocycles. The summed E-state index contributed by atoms with van der Waals surface area (Å²) in [5, 5.41) is 2.92. The molecule has 0 saturated carbocycles. The molecule has 2 nitrogen and oxygen atoms in total. The summed E-state index contributed by atoms with van der Waals surface area (Å²) in [6, 6.07) is 2.97. The van der Waals surface area contributed by atoms with Crippen LogP contribution in [0.25, 0.3) is 0 Å². The number of halogens is 1. The molecule has 0 aliphatic rings. The topological polar surface area (TPSA) is 24.9 Å². The van der Waals surface area contributed by atoms with E-state index in [-0.39, 0.29) is 11.9 Å². The van der Waals surface area contributed by atoms with Crippen molar-refractivity contribution < 1.29 is 4.39 Å². The van der Waals surface area contributed by atoms with Crippen LogP contribution in [0.1, 0.15) is 18.7 Å². The van der Waals surface area contributed by atoms with Gasteiger partial charge in [0.1, 0.15) is 5.82 Å². The number of hydrogen-bond donors (Lipinski definition) is 1. The maximum atomic E-state index is 12.9. The monoisotopic (exact) mass is 154 g/mol. The molecule has 0 bridgehead atoms. The normalized spacial score (nSPS) is 13.0. The van der Waals surface area contributed by atoms with Gasteiger partial charge in [-0.15, -0.1) is 0 Å². The SMILES string of the molecule is CN[C@@H](C)c1ncccc1F. The second-order valence-corrected chi connectivity index (χ2v) is 2.38. The van der Waals surface area contributed by atoms with Crippen LogP contribution in [-0.2, 0) is 0 Å². The highest BCUT2D eigenvalue weighted by molar-refractivity contribution is 5.10. The standard InChI is InChI=1S/C8H11FN2/c1-6(10-2)8-7(9)4-3-5-11-8/h3-6,10H,1-2H3/t6-/m0/s1. The van der Waals surface area contributed by atoms with Crippen LogP contribution in [0.15, 0.2) is 18.3 Å². The van der Waals surface area contributed by atoms with Crippen LogP contribution in [0, 0.1) is 5.82 Å². The lowest BCUT2D eigenvalue weighted by Gasteiger charge is -2.08. The van der Waals surface area contributed by atoms with Gasteiger partial charge in [0, 0.05) is 12.2 Å². The quantitative estimate of drug-likeness (QED) is 0.698. The van der Waals surface area contributed by atoms with E-state index in [0.717, 1.165) is 0 Å². The third kappa shape index (κ3) is 1.74. The Kier molecular flexibility index (Phi) is 2.54. The summed E-state index contributed by atoms with van der Waals surface area (Å²) < 4.78 is 12.9. The second kappa shape index (κ2) is 3.44. The zero-order valence-electron chi connectivity index (χ0n) is 6.63. The minimum atomic E-state index is -0.255. The van der Waals surface area contributed by atoms with Gasteiger partial charge < -0.3 is 5.32 Å².